The van der Waals surface area contributed by atoms with E-state index in [1.165, 1.54) is 0 Å². The summed E-state index contributed by atoms with van der Waals surface area (Å²) in [5, 5.41) is 0. The number of rotatable bonds is 8. The van der Waals surface area contributed by atoms with Gasteiger partial charge in [-0.1, -0.05) is 20.8 Å². The average Bonchev–Trinajstić information content (AvgIpc) is 2.64. The second-order valence-corrected chi connectivity index (χ2v) is 6.90. The van der Waals surface area contributed by atoms with Crippen molar-refractivity contribution in [3.8, 4) is 5.75 Å². The minimum atomic E-state index is -0.00368. The molecule has 1 aromatic rings. The van der Waals surface area contributed by atoms with Gasteiger partial charge in [-0.05, 0) is 43.0 Å². The van der Waals surface area contributed by atoms with Crippen molar-refractivity contribution in [1.82, 2.24) is 4.90 Å². The van der Waals surface area contributed by atoms with Crippen LogP contribution in [0, 0.1) is 5.92 Å². The van der Waals surface area contributed by atoms with Crippen LogP contribution in [0.1, 0.15) is 50.4 Å². The third kappa shape index (κ3) is 6.16. The Labute approximate surface area is 150 Å². The normalized spacial score (nSPS) is 15.4. The van der Waals surface area contributed by atoms with Crippen LogP contribution in [0.25, 0.3) is 0 Å². The molecule has 1 aromatic carbocycles. The minimum Gasteiger partial charge on any atom is -0.484 e. The zero-order valence-corrected chi connectivity index (χ0v) is 15.5. The van der Waals surface area contributed by atoms with Gasteiger partial charge in [-0.2, -0.15) is 0 Å². The number of hydrogen-bond donors (Lipinski definition) is 0. The van der Waals surface area contributed by atoms with E-state index < -0.39 is 0 Å². The number of ketones is 1. The first-order chi connectivity index (χ1) is 12.0. The zero-order valence-electron chi connectivity index (χ0n) is 15.5. The predicted molar refractivity (Wildman–Crippen MR) is 97.0 cm³/mol. The number of ether oxygens (including phenoxy) is 2. The molecule has 1 amide bonds. The summed E-state index contributed by atoms with van der Waals surface area (Å²) in [4.78, 5) is 25.7. The second-order valence-electron chi connectivity index (χ2n) is 6.90. The van der Waals surface area contributed by atoms with Crippen LogP contribution < -0.4 is 4.74 Å². The van der Waals surface area contributed by atoms with Crippen molar-refractivity contribution < 1.29 is 19.1 Å². The summed E-state index contributed by atoms with van der Waals surface area (Å²) < 4.78 is 11.4. The Kier molecular flexibility index (Phi) is 7.44. The highest BCUT2D eigenvalue weighted by Crippen LogP contribution is 2.16. The molecule has 0 aromatic heterocycles. The van der Waals surface area contributed by atoms with E-state index in [0.717, 1.165) is 32.5 Å². The van der Waals surface area contributed by atoms with Gasteiger partial charge in [0.05, 0.1) is 6.10 Å². The Balaban J connectivity index is 1.73. The molecule has 25 heavy (non-hydrogen) atoms. The summed E-state index contributed by atoms with van der Waals surface area (Å²) in [5.41, 5.74) is 0.671. The van der Waals surface area contributed by atoms with Gasteiger partial charge in [0.1, 0.15) is 5.75 Å². The standard InChI is InChI=1S/C20H29NO4/c1-4-19(22)16-5-7-17(8-6-16)25-14-20(23)21-11-9-18(10-12-21)24-13-15(2)3/h5-8,15,18H,4,9-14H2,1-3H3. The van der Waals surface area contributed by atoms with Crippen molar-refractivity contribution in [1.29, 1.82) is 0 Å². The molecule has 1 heterocycles. The van der Waals surface area contributed by atoms with E-state index in [9.17, 15) is 9.59 Å². The topological polar surface area (TPSA) is 55.8 Å². The second kappa shape index (κ2) is 9.56. The number of hydrogen-bond acceptors (Lipinski definition) is 4. The molecule has 0 bridgehead atoms. The number of likely N-dealkylation sites (tertiary alicyclic amines) is 1. The van der Waals surface area contributed by atoms with Gasteiger partial charge in [0.25, 0.3) is 5.91 Å². The Morgan fingerprint density at radius 2 is 1.80 bits per heavy atom. The van der Waals surface area contributed by atoms with Crippen LogP contribution in [0.15, 0.2) is 24.3 Å². The van der Waals surface area contributed by atoms with Gasteiger partial charge in [-0.3, -0.25) is 9.59 Å². The quantitative estimate of drug-likeness (QED) is 0.677. The fourth-order valence-electron chi connectivity index (χ4n) is 2.78. The molecule has 1 aliphatic rings. The molecule has 0 saturated carbocycles. The number of benzene rings is 1. The highest BCUT2D eigenvalue weighted by Gasteiger charge is 2.23. The van der Waals surface area contributed by atoms with Gasteiger partial charge in [-0.25, -0.2) is 0 Å². The van der Waals surface area contributed by atoms with Crippen LogP contribution in [0.4, 0.5) is 0 Å². The minimum absolute atomic E-state index is 0.00368. The third-order valence-corrected chi connectivity index (χ3v) is 4.32. The molecule has 0 spiro atoms. The molecule has 1 fully saturated rings. The van der Waals surface area contributed by atoms with Crippen molar-refractivity contribution in [3.63, 3.8) is 0 Å². The van der Waals surface area contributed by atoms with Crippen LogP contribution in [-0.2, 0) is 9.53 Å². The number of piperidine rings is 1. The van der Waals surface area contributed by atoms with Gasteiger partial charge in [0.2, 0.25) is 0 Å². The summed E-state index contributed by atoms with van der Waals surface area (Å²) in [6.07, 6.45) is 2.50. The summed E-state index contributed by atoms with van der Waals surface area (Å²) in [6, 6.07) is 6.96. The molecule has 0 aliphatic carbocycles. The number of carbonyl (C=O) groups excluding carboxylic acids is 2. The summed E-state index contributed by atoms with van der Waals surface area (Å²) in [7, 11) is 0. The van der Waals surface area contributed by atoms with E-state index in [0.29, 0.717) is 23.7 Å². The van der Waals surface area contributed by atoms with Crippen LogP contribution in [0.5, 0.6) is 5.75 Å². The molecule has 5 nitrogen and oxygen atoms in total. The van der Waals surface area contributed by atoms with Crippen molar-refractivity contribution in [2.24, 2.45) is 5.92 Å². The maximum atomic E-state index is 12.3. The Morgan fingerprint density at radius 1 is 1.16 bits per heavy atom. The van der Waals surface area contributed by atoms with Crippen LogP contribution in [0.2, 0.25) is 0 Å². The monoisotopic (exact) mass is 347 g/mol. The van der Waals surface area contributed by atoms with Crippen molar-refractivity contribution >= 4 is 11.7 Å². The lowest BCUT2D eigenvalue weighted by molar-refractivity contribution is -0.136. The fraction of sp³-hybridized carbons (Fsp3) is 0.600. The first-order valence-corrected chi connectivity index (χ1v) is 9.15. The largest absolute Gasteiger partial charge is 0.484 e. The number of Topliss-reactive ketones (excluding diaryl/α,β-unsaturated/α-hetero) is 1. The van der Waals surface area contributed by atoms with E-state index >= 15 is 0 Å². The Bertz CT molecular complexity index is 560. The first-order valence-electron chi connectivity index (χ1n) is 9.15. The average molecular weight is 347 g/mol. The highest BCUT2D eigenvalue weighted by molar-refractivity contribution is 5.95. The van der Waals surface area contributed by atoms with Gasteiger partial charge in [0.15, 0.2) is 12.4 Å². The van der Waals surface area contributed by atoms with E-state index in [1.807, 2.05) is 11.8 Å². The van der Waals surface area contributed by atoms with Crippen LogP contribution in [-0.4, -0.2) is 49.0 Å². The number of carbonyl (C=O) groups is 2. The van der Waals surface area contributed by atoms with E-state index in [4.69, 9.17) is 9.47 Å². The van der Waals surface area contributed by atoms with Gasteiger partial charge >= 0.3 is 0 Å². The van der Waals surface area contributed by atoms with E-state index in [-0.39, 0.29) is 24.4 Å². The molecule has 0 atom stereocenters. The maximum absolute atomic E-state index is 12.3. The first kappa shape index (κ1) is 19.4. The van der Waals surface area contributed by atoms with Crippen molar-refractivity contribution in [2.45, 2.75) is 46.1 Å². The molecule has 0 radical (unpaired) electrons. The lowest BCUT2D eigenvalue weighted by Crippen LogP contribution is -2.43. The van der Waals surface area contributed by atoms with E-state index in [2.05, 4.69) is 13.8 Å². The van der Waals surface area contributed by atoms with Gasteiger partial charge in [0, 0.05) is 31.7 Å². The smallest absolute Gasteiger partial charge is 0.260 e. The van der Waals surface area contributed by atoms with Crippen molar-refractivity contribution in [3.05, 3.63) is 29.8 Å². The SMILES string of the molecule is CCC(=O)c1ccc(OCC(=O)N2CCC(OCC(C)C)CC2)cc1. The van der Waals surface area contributed by atoms with Crippen LogP contribution in [0.3, 0.4) is 0 Å². The molecule has 138 valence electrons. The molecular formula is C20H29NO4. The van der Waals surface area contributed by atoms with Crippen molar-refractivity contribution in [2.75, 3.05) is 26.3 Å². The number of nitrogens with zero attached hydrogens (tertiary/aromatic N) is 1. The Hall–Kier alpha value is -1.88. The molecule has 1 saturated heterocycles. The van der Waals surface area contributed by atoms with E-state index in [1.54, 1.807) is 24.3 Å². The molecule has 2 rings (SSSR count). The fourth-order valence-corrected chi connectivity index (χ4v) is 2.78. The predicted octanol–water partition coefficient (Wildman–Crippen LogP) is 3.32. The van der Waals surface area contributed by atoms with Crippen LogP contribution >= 0.6 is 0 Å². The lowest BCUT2D eigenvalue weighted by Gasteiger charge is -2.32. The molecule has 1 aliphatic heterocycles. The maximum Gasteiger partial charge on any atom is 0.260 e. The summed E-state index contributed by atoms with van der Waals surface area (Å²) in [6.45, 7) is 8.35. The molecule has 0 unspecified atom stereocenters. The summed E-state index contributed by atoms with van der Waals surface area (Å²) >= 11 is 0. The Morgan fingerprint density at radius 3 is 2.36 bits per heavy atom. The highest BCUT2D eigenvalue weighted by atomic mass is 16.5. The summed E-state index contributed by atoms with van der Waals surface area (Å²) in [5.74, 6) is 1.24. The molecular weight excluding hydrogens is 318 g/mol. The molecule has 5 heteroatoms. The lowest BCUT2D eigenvalue weighted by atomic mass is 10.1. The number of amides is 1. The third-order valence-electron chi connectivity index (χ3n) is 4.32. The van der Waals surface area contributed by atoms with Gasteiger partial charge in [-0.15, -0.1) is 0 Å². The molecule has 0 N–H and O–H groups in total. The van der Waals surface area contributed by atoms with Gasteiger partial charge < -0.3 is 14.4 Å². The zero-order chi connectivity index (χ0) is 18.2.